The predicted molar refractivity (Wildman–Crippen MR) is 73.6 cm³/mol. The molecule has 102 valence electrons. The van der Waals surface area contributed by atoms with Gasteiger partial charge < -0.3 is 4.74 Å². The summed E-state index contributed by atoms with van der Waals surface area (Å²) in [6.45, 7) is 6.04. The summed E-state index contributed by atoms with van der Waals surface area (Å²) in [7, 11) is 0. The first kappa shape index (κ1) is 15.2. The van der Waals surface area contributed by atoms with Crippen molar-refractivity contribution in [3.8, 4) is 11.5 Å². The number of rotatable bonds is 3. The third-order valence-corrected chi connectivity index (χ3v) is 2.43. The highest BCUT2D eigenvalue weighted by Gasteiger charge is 2.04. The Hall–Kier alpha value is -1.90. The van der Waals surface area contributed by atoms with Crippen LogP contribution in [0.3, 0.4) is 0 Å². The lowest BCUT2D eigenvalue weighted by molar-refractivity contribution is 0.461. The van der Waals surface area contributed by atoms with Crippen LogP contribution in [0.4, 0.5) is 8.78 Å². The minimum absolute atomic E-state index is 0.289. The fourth-order valence-electron chi connectivity index (χ4n) is 1.51. The van der Waals surface area contributed by atoms with Crippen molar-refractivity contribution in [2.24, 2.45) is 0 Å². The first-order valence-electron chi connectivity index (χ1n) is 6.41. The Morgan fingerprint density at radius 1 is 0.895 bits per heavy atom. The molecule has 0 unspecified atom stereocenters. The van der Waals surface area contributed by atoms with Gasteiger partial charge >= 0.3 is 0 Å². The van der Waals surface area contributed by atoms with Crippen LogP contribution in [0.1, 0.15) is 26.3 Å². The Kier molecular flexibility index (Phi) is 6.00. The maximum absolute atomic E-state index is 13.0. The van der Waals surface area contributed by atoms with Crippen molar-refractivity contribution in [2.45, 2.75) is 27.2 Å². The molecule has 0 N–H and O–H groups in total. The summed E-state index contributed by atoms with van der Waals surface area (Å²) in [5.41, 5.74) is 1.13. The Bertz CT molecular complexity index is 524. The van der Waals surface area contributed by atoms with Gasteiger partial charge in [-0.2, -0.15) is 0 Å². The first-order valence-corrected chi connectivity index (χ1v) is 6.41. The Morgan fingerprint density at radius 3 is 2.21 bits per heavy atom. The molecule has 0 aliphatic carbocycles. The van der Waals surface area contributed by atoms with E-state index in [1.54, 1.807) is 6.07 Å². The fraction of sp³-hybridized carbons (Fsp3) is 0.250. The molecule has 0 aromatic heterocycles. The molecule has 0 bridgehead atoms. The normalized spacial score (nSPS) is 9.53. The zero-order valence-corrected chi connectivity index (χ0v) is 11.4. The van der Waals surface area contributed by atoms with Gasteiger partial charge in [0.15, 0.2) is 11.6 Å². The number of hydrogen-bond donors (Lipinski definition) is 0. The highest BCUT2D eigenvalue weighted by Crippen LogP contribution is 2.23. The largest absolute Gasteiger partial charge is 0.457 e. The molecule has 0 aliphatic rings. The lowest BCUT2D eigenvalue weighted by Crippen LogP contribution is -1.89. The van der Waals surface area contributed by atoms with E-state index in [2.05, 4.69) is 0 Å². The van der Waals surface area contributed by atoms with E-state index in [0.29, 0.717) is 5.75 Å². The first-order chi connectivity index (χ1) is 9.19. The highest BCUT2D eigenvalue weighted by molar-refractivity contribution is 5.34. The van der Waals surface area contributed by atoms with Gasteiger partial charge in [-0.3, -0.25) is 0 Å². The summed E-state index contributed by atoms with van der Waals surface area (Å²) in [4.78, 5) is 0. The Morgan fingerprint density at radius 2 is 1.58 bits per heavy atom. The predicted octanol–water partition coefficient (Wildman–Crippen LogP) is 5.35. The van der Waals surface area contributed by atoms with E-state index in [9.17, 15) is 8.78 Å². The lowest BCUT2D eigenvalue weighted by atomic mass is 10.2. The molecule has 3 heteroatoms. The topological polar surface area (TPSA) is 9.23 Å². The molecule has 0 fully saturated rings. The second-order valence-corrected chi connectivity index (χ2v) is 3.68. The van der Waals surface area contributed by atoms with Crippen LogP contribution in [0.5, 0.6) is 11.5 Å². The molecule has 0 spiro atoms. The molecular weight excluding hydrogens is 246 g/mol. The second kappa shape index (κ2) is 7.52. The number of benzene rings is 2. The van der Waals surface area contributed by atoms with Crippen molar-refractivity contribution in [3.05, 3.63) is 59.7 Å². The zero-order valence-electron chi connectivity index (χ0n) is 11.4. The van der Waals surface area contributed by atoms with Crippen molar-refractivity contribution in [3.63, 3.8) is 0 Å². The van der Waals surface area contributed by atoms with Crippen molar-refractivity contribution < 1.29 is 13.5 Å². The van der Waals surface area contributed by atoms with Crippen molar-refractivity contribution in [2.75, 3.05) is 0 Å². The summed E-state index contributed by atoms with van der Waals surface area (Å²) in [6.07, 6.45) is 0.898. The molecule has 0 heterocycles. The van der Waals surface area contributed by atoms with Crippen LogP contribution in [0.25, 0.3) is 0 Å². The molecule has 0 saturated carbocycles. The van der Waals surface area contributed by atoms with Gasteiger partial charge in [-0.25, -0.2) is 8.78 Å². The minimum Gasteiger partial charge on any atom is -0.457 e. The highest BCUT2D eigenvalue weighted by atomic mass is 19.2. The minimum atomic E-state index is -0.908. The smallest absolute Gasteiger partial charge is 0.162 e. The number of ether oxygens (including phenoxy) is 1. The van der Waals surface area contributed by atoms with Gasteiger partial charge in [0.25, 0.3) is 0 Å². The van der Waals surface area contributed by atoms with E-state index in [-0.39, 0.29) is 5.75 Å². The van der Waals surface area contributed by atoms with E-state index in [1.165, 1.54) is 6.07 Å². The summed E-state index contributed by atoms with van der Waals surface area (Å²) < 4.78 is 31.1. The summed E-state index contributed by atoms with van der Waals surface area (Å²) in [5, 5.41) is 0. The molecule has 0 amide bonds. The van der Waals surface area contributed by atoms with Gasteiger partial charge in [0.05, 0.1) is 0 Å². The van der Waals surface area contributed by atoms with E-state index < -0.39 is 11.6 Å². The third kappa shape index (κ3) is 4.36. The average molecular weight is 264 g/mol. The van der Waals surface area contributed by atoms with Gasteiger partial charge in [-0.15, -0.1) is 0 Å². The summed E-state index contributed by atoms with van der Waals surface area (Å²) in [6, 6.07) is 11.0. The lowest BCUT2D eigenvalue weighted by Gasteiger charge is -2.07. The molecule has 0 radical (unpaired) electrons. The van der Waals surface area contributed by atoms with Crippen LogP contribution in [0, 0.1) is 11.6 Å². The van der Waals surface area contributed by atoms with Crippen LogP contribution in [-0.2, 0) is 6.42 Å². The van der Waals surface area contributed by atoms with E-state index in [1.807, 2.05) is 39.0 Å². The van der Waals surface area contributed by atoms with Gasteiger partial charge in [-0.05, 0) is 36.2 Å². The SMILES string of the molecule is CC.CCc1cccc(Oc2ccc(F)c(F)c2)c1. The standard InChI is InChI=1S/C14H12F2O.C2H6/c1-2-10-4-3-5-11(8-10)17-12-6-7-13(15)14(16)9-12;1-2/h3-9H,2H2,1H3;1-2H3. The molecule has 0 saturated heterocycles. The molecule has 0 atom stereocenters. The quantitative estimate of drug-likeness (QED) is 0.726. The fourth-order valence-corrected chi connectivity index (χ4v) is 1.51. The van der Waals surface area contributed by atoms with Crippen LogP contribution < -0.4 is 4.74 Å². The maximum Gasteiger partial charge on any atom is 0.162 e. The molecular formula is C16H18F2O. The summed E-state index contributed by atoms with van der Waals surface area (Å²) >= 11 is 0. The number of aryl methyl sites for hydroxylation is 1. The van der Waals surface area contributed by atoms with Gasteiger partial charge in [0, 0.05) is 6.07 Å². The van der Waals surface area contributed by atoms with Gasteiger partial charge in [0.2, 0.25) is 0 Å². The zero-order chi connectivity index (χ0) is 14.3. The van der Waals surface area contributed by atoms with Gasteiger partial charge in [0.1, 0.15) is 11.5 Å². The van der Waals surface area contributed by atoms with Crippen LogP contribution in [-0.4, -0.2) is 0 Å². The van der Waals surface area contributed by atoms with Crippen LogP contribution >= 0.6 is 0 Å². The van der Waals surface area contributed by atoms with Crippen molar-refractivity contribution >= 4 is 0 Å². The molecule has 2 aromatic carbocycles. The summed E-state index contributed by atoms with van der Waals surface area (Å²) in [5.74, 6) is -0.874. The maximum atomic E-state index is 13.0. The Balaban J connectivity index is 0.000000861. The number of halogens is 2. The van der Waals surface area contributed by atoms with Crippen molar-refractivity contribution in [1.29, 1.82) is 0 Å². The van der Waals surface area contributed by atoms with Crippen LogP contribution in [0.15, 0.2) is 42.5 Å². The Labute approximate surface area is 112 Å². The third-order valence-electron chi connectivity index (χ3n) is 2.43. The number of hydrogen-bond acceptors (Lipinski definition) is 1. The van der Waals surface area contributed by atoms with Crippen LogP contribution in [0.2, 0.25) is 0 Å². The molecule has 0 aliphatic heterocycles. The van der Waals surface area contributed by atoms with E-state index >= 15 is 0 Å². The van der Waals surface area contributed by atoms with E-state index in [4.69, 9.17) is 4.74 Å². The second-order valence-electron chi connectivity index (χ2n) is 3.68. The monoisotopic (exact) mass is 264 g/mol. The molecule has 2 rings (SSSR count). The average Bonchev–Trinajstić information content (AvgIpc) is 2.45. The molecule has 2 aromatic rings. The molecule has 1 nitrogen and oxygen atoms in total. The van der Waals surface area contributed by atoms with E-state index in [0.717, 1.165) is 24.1 Å². The molecule has 19 heavy (non-hydrogen) atoms. The van der Waals surface area contributed by atoms with Gasteiger partial charge in [-0.1, -0.05) is 32.9 Å². The van der Waals surface area contributed by atoms with Crippen molar-refractivity contribution in [1.82, 2.24) is 0 Å².